The monoisotopic (exact) mass is 201 g/mol. The largest absolute Gasteiger partial charge is 0.398 e. The smallest absolute Gasteiger partial charge is 0.0499 e. The molecule has 2 rings (SSSR count). The third-order valence-corrected chi connectivity index (χ3v) is 2.66. The second-order valence-corrected chi connectivity index (χ2v) is 3.80. The second kappa shape index (κ2) is 3.35. The Hall–Kier alpha value is -1.90. The van der Waals surface area contributed by atoms with E-state index in [0.29, 0.717) is 0 Å². The minimum atomic E-state index is 0.767. The third kappa shape index (κ3) is 1.56. The second-order valence-electron chi connectivity index (χ2n) is 3.80. The summed E-state index contributed by atoms with van der Waals surface area (Å²) in [5.74, 6) is 0. The van der Waals surface area contributed by atoms with Crippen molar-refractivity contribution in [3.05, 3.63) is 36.0 Å². The Bertz CT molecular complexity index is 498. The average molecular weight is 201 g/mol. The molecule has 0 aliphatic heterocycles. The van der Waals surface area contributed by atoms with Gasteiger partial charge in [-0.05, 0) is 36.8 Å². The summed E-state index contributed by atoms with van der Waals surface area (Å²) in [5, 5.41) is 0. The Kier molecular flexibility index (Phi) is 2.15. The predicted octanol–water partition coefficient (Wildman–Crippen LogP) is 2.16. The van der Waals surface area contributed by atoms with Gasteiger partial charge in [-0.3, -0.25) is 0 Å². The lowest BCUT2D eigenvalue weighted by Crippen LogP contribution is -1.98. The lowest BCUT2D eigenvalue weighted by atomic mass is 10.1. The molecular weight excluding hydrogens is 186 g/mol. The van der Waals surface area contributed by atoms with E-state index in [1.807, 2.05) is 49.0 Å². The highest BCUT2D eigenvalue weighted by Crippen LogP contribution is 2.29. The molecule has 0 saturated heterocycles. The van der Waals surface area contributed by atoms with Crippen LogP contribution in [0.4, 0.5) is 11.4 Å². The predicted molar refractivity (Wildman–Crippen MR) is 64.4 cm³/mol. The topological polar surface area (TPSA) is 57.0 Å². The van der Waals surface area contributed by atoms with Gasteiger partial charge in [-0.15, -0.1) is 0 Å². The molecule has 1 heterocycles. The van der Waals surface area contributed by atoms with E-state index in [4.69, 9.17) is 11.5 Å². The first-order valence-electron chi connectivity index (χ1n) is 4.87. The van der Waals surface area contributed by atoms with Gasteiger partial charge in [-0.25, -0.2) is 0 Å². The molecule has 0 amide bonds. The van der Waals surface area contributed by atoms with Crippen molar-refractivity contribution in [2.24, 2.45) is 7.05 Å². The van der Waals surface area contributed by atoms with Crippen molar-refractivity contribution in [1.82, 2.24) is 4.57 Å². The highest BCUT2D eigenvalue weighted by Gasteiger charge is 2.07. The lowest BCUT2D eigenvalue weighted by Gasteiger charge is -2.10. The summed E-state index contributed by atoms with van der Waals surface area (Å²) in [6.45, 7) is 1.96. The first-order valence-corrected chi connectivity index (χ1v) is 4.87. The standard InChI is InChI=1S/C12H15N3/c1-8-6-11(14)9(7-10(8)13)12-4-3-5-15(12)2/h3-7H,13-14H2,1-2H3. The van der Waals surface area contributed by atoms with Crippen molar-refractivity contribution in [3.63, 3.8) is 0 Å². The molecule has 3 nitrogen and oxygen atoms in total. The number of aryl methyl sites for hydroxylation is 2. The number of hydrogen-bond acceptors (Lipinski definition) is 2. The fourth-order valence-electron chi connectivity index (χ4n) is 1.71. The van der Waals surface area contributed by atoms with Gasteiger partial charge in [-0.2, -0.15) is 0 Å². The molecule has 0 radical (unpaired) electrons. The van der Waals surface area contributed by atoms with Crippen molar-refractivity contribution >= 4 is 11.4 Å². The molecule has 1 aromatic heterocycles. The van der Waals surface area contributed by atoms with E-state index in [1.165, 1.54) is 0 Å². The molecule has 15 heavy (non-hydrogen) atoms. The first-order chi connectivity index (χ1) is 7.09. The zero-order chi connectivity index (χ0) is 11.0. The van der Waals surface area contributed by atoms with Crippen molar-refractivity contribution in [3.8, 4) is 11.3 Å². The van der Waals surface area contributed by atoms with Crippen LogP contribution in [-0.4, -0.2) is 4.57 Å². The van der Waals surface area contributed by atoms with Crippen LogP contribution < -0.4 is 11.5 Å². The van der Waals surface area contributed by atoms with Gasteiger partial charge in [0, 0.05) is 35.9 Å². The molecule has 0 spiro atoms. The summed E-state index contributed by atoms with van der Waals surface area (Å²) in [4.78, 5) is 0. The minimum absolute atomic E-state index is 0.767. The third-order valence-electron chi connectivity index (χ3n) is 2.66. The Morgan fingerprint density at radius 1 is 1.13 bits per heavy atom. The normalized spacial score (nSPS) is 10.5. The zero-order valence-corrected chi connectivity index (χ0v) is 8.99. The minimum Gasteiger partial charge on any atom is -0.398 e. The summed E-state index contributed by atoms with van der Waals surface area (Å²) < 4.78 is 2.03. The van der Waals surface area contributed by atoms with Gasteiger partial charge in [0.2, 0.25) is 0 Å². The number of rotatable bonds is 1. The number of aromatic nitrogens is 1. The molecule has 0 atom stereocenters. The van der Waals surface area contributed by atoms with Gasteiger partial charge >= 0.3 is 0 Å². The molecule has 0 aliphatic rings. The van der Waals surface area contributed by atoms with Gasteiger partial charge < -0.3 is 16.0 Å². The number of nitrogens with zero attached hydrogens (tertiary/aromatic N) is 1. The summed E-state index contributed by atoms with van der Waals surface area (Å²) in [6.07, 6.45) is 1.99. The van der Waals surface area contributed by atoms with Crippen LogP contribution in [0.3, 0.4) is 0 Å². The van der Waals surface area contributed by atoms with Crippen LogP contribution in [0.25, 0.3) is 11.3 Å². The van der Waals surface area contributed by atoms with Gasteiger partial charge in [-0.1, -0.05) is 0 Å². The molecule has 0 unspecified atom stereocenters. The van der Waals surface area contributed by atoms with E-state index in [0.717, 1.165) is 28.2 Å². The molecule has 0 bridgehead atoms. The molecule has 4 N–H and O–H groups in total. The first kappa shape index (κ1) is 9.65. The maximum atomic E-state index is 5.98. The van der Waals surface area contributed by atoms with Crippen LogP contribution in [0, 0.1) is 6.92 Å². The van der Waals surface area contributed by atoms with E-state index in [9.17, 15) is 0 Å². The molecule has 2 aromatic rings. The van der Waals surface area contributed by atoms with E-state index in [1.54, 1.807) is 0 Å². The quantitative estimate of drug-likeness (QED) is 0.695. The van der Waals surface area contributed by atoms with Crippen molar-refractivity contribution in [1.29, 1.82) is 0 Å². The number of hydrogen-bond donors (Lipinski definition) is 2. The molecule has 0 aliphatic carbocycles. The van der Waals surface area contributed by atoms with E-state index >= 15 is 0 Å². The van der Waals surface area contributed by atoms with Crippen molar-refractivity contribution in [2.75, 3.05) is 11.5 Å². The van der Waals surface area contributed by atoms with Crippen LogP contribution in [0.1, 0.15) is 5.56 Å². The Balaban J connectivity index is 2.64. The maximum absolute atomic E-state index is 5.98. The fourth-order valence-corrected chi connectivity index (χ4v) is 1.71. The van der Waals surface area contributed by atoms with E-state index < -0.39 is 0 Å². The van der Waals surface area contributed by atoms with Crippen LogP contribution in [0.2, 0.25) is 0 Å². The molecule has 1 aromatic carbocycles. The van der Waals surface area contributed by atoms with Gasteiger partial charge in [0.1, 0.15) is 0 Å². The molecule has 0 saturated carbocycles. The maximum Gasteiger partial charge on any atom is 0.0499 e. The van der Waals surface area contributed by atoms with E-state index in [2.05, 4.69) is 0 Å². The highest BCUT2D eigenvalue weighted by atomic mass is 14.9. The summed E-state index contributed by atoms with van der Waals surface area (Å²) in [5.41, 5.74) is 16.5. The Morgan fingerprint density at radius 3 is 2.47 bits per heavy atom. The number of nitrogens with two attached hydrogens (primary N) is 2. The van der Waals surface area contributed by atoms with Crippen LogP contribution in [0.5, 0.6) is 0 Å². The Labute approximate surface area is 89.3 Å². The molecule has 3 heteroatoms. The van der Waals surface area contributed by atoms with Crippen molar-refractivity contribution in [2.45, 2.75) is 6.92 Å². The fraction of sp³-hybridized carbons (Fsp3) is 0.167. The SMILES string of the molecule is Cc1cc(N)c(-c2cccn2C)cc1N. The average Bonchev–Trinajstić information content (AvgIpc) is 2.58. The summed E-state index contributed by atoms with van der Waals surface area (Å²) in [6, 6.07) is 7.86. The van der Waals surface area contributed by atoms with E-state index in [-0.39, 0.29) is 0 Å². The number of nitrogen functional groups attached to an aromatic ring is 2. The van der Waals surface area contributed by atoms with Gasteiger partial charge in [0.15, 0.2) is 0 Å². The molecular formula is C12H15N3. The lowest BCUT2D eigenvalue weighted by molar-refractivity contribution is 0.937. The molecule has 78 valence electrons. The van der Waals surface area contributed by atoms with Crippen LogP contribution in [-0.2, 0) is 7.05 Å². The van der Waals surface area contributed by atoms with Crippen LogP contribution >= 0.6 is 0 Å². The van der Waals surface area contributed by atoms with Gasteiger partial charge in [0.25, 0.3) is 0 Å². The zero-order valence-electron chi connectivity index (χ0n) is 8.99. The van der Waals surface area contributed by atoms with Gasteiger partial charge in [0.05, 0.1) is 0 Å². The number of anilines is 2. The molecule has 0 fully saturated rings. The number of benzene rings is 1. The van der Waals surface area contributed by atoms with Crippen LogP contribution in [0.15, 0.2) is 30.5 Å². The Morgan fingerprint density at radius 2 is 1.87 bits per heavy atom. The van der Waals surface area contributed by atoms with Crippen molar-refractivity contribution < 1.29 is 0 Å². The summed E-state index contributed by atoms with van der Waals surface area (Å²) in [7, 11) is 1.99. The summed E-state index contributed by atoms with van der Waals surface area (Å²) >= 11 is 0. The highest BCUT2D eigenvalue weighted by molar-refractivity contribution is 5.79.